The molecule has 0 spiro atoms. The number of rotatable bonds is 7. The van der Waals surface area contributed by atoms with Crippen molar-refractivity contribution >= 4 is 32.6 Å². The lowest BCUT2D eigenvalue weighted by molar-refractivity contribution is 0.0376. The second-order valence-corrected chi connectivity index (χ2v) is 9.16. The zero-order chi connectivity index (χ0) is 22.0. The van der Waals surface area contributed by atoms with Crippen LogP contribution in [0.4, 0.5) is 5.13 Å². The van der Waals surface area contributed by atoms with E-state index < -0.39 is 0 Å². The highest BCUT2D eigenvalue weighted by atomic mass is 32.1. The summed E-state index contributed by atoms with van der Waals surface area (Å²) >= 11 is 1.58. The highest BCUT2D eigenvalue weighted by Gasteiger charge is 2.24. The Kier molecular flexibility index (Phi) is 6.69. The van der Waals surface area contributed by atoms with Crippen molar-refractivity contribution in [3.05, 3.63) is 40.7 Å². The number of benzene rings is 1. The monoisotopic (exact) mass is 441 g/mol. The van der Waals surface area contributed by atoms with Crippen LogP contribution in [0.3, 0.4) is 0 Å². The van der Waals surface area contributed by atoms with Gasteiger partial charge in [-0.05, 0) is 63.4 Å². The Hall–Kier alpha value is -2.29. The molecular weight excluding hydrogens is 410 g/mol. The average Bonchev–Trinajstić information content (AvgIpc) is 3.34. The SMILES string of the molecule is CCn1nc(C(=O)N(CCCN2CCOCC2)c2nc3cc(C)c(C)cc3s2)cc1C. The van der Waals surface area contributed by atoms with E-state index in [0.717, 1.165) is 66.9 Å². The summed E-state index contributed by atoms with van der Waals surface area (Å²) in [6.45, 7) is 14.0. The van der Waals surface area contributed by atoms with Crippen LogP contribution < -0.4 is 4.90 Å². The second kappa shape index (κ2) is 9.46. The third-order valence-electron chi connectivity index (χ3n) is 5.93. The lowest BCUT2D eigenvalue weighted by Gasteiger charge is -2.27. The summed E-state index contributed by atoms with van der Waals surface area (Å²) in [5, 5.41) is 5.28. The number of hydrogen-bond donors (Lipinski definition) is 0. The number of anilines is 1. The normalized spacial score (nSPS) is 15.0. The molecule has 0 bridgehead atoms. The molecule has 3 aromatic rings. The molecule has 1 aliphatic rings. The minimum absolute atomic E-state index is 0.0789. The topological polar surface area (TPSA) is 63.5 Å². The summed E-state index contributed by atoms with van der Waals surface area (Å²) in [5.74, 6) is -0.0789. The van der Waals surface area contributed by atoms with Gasteiger partial charge in [-0.2, -0.15) is 5.10 Å². The lowest BCUT2D eigenvalue weighted by atomic mass is 10.1. The summed E-state index contributed by atoms with van der Waals surface area (Å²) in [4.78, 5) is 22.5. The standard InChI is InChI=1S/C23H31N5O2S/c1-5-28-18(4)15-20(25-28)22(29)27(8-6-7-26-9-11-30-12-10-26)23-24-19-13-16(2)17(3)14-21(19)31-23/h13-15H,5-12H2,1-4H3. The first kappa shape index (κ1) is 21.9. The minimum Gasteiger partial charge on any atom is -0.379 e. The first-order chi connectivity index (χ1) is 15.0. The van der Waals surface area contributed by atoms with Gasteiger partial charge in [0.2, 0.25) is 0 Å². The molecule has 1 fully saturated rings. The fourth-order valence-electron chi connectivity index (χ4n) is 3.92. The number of hydrogen-bond acceptors (Lipinski definition) is 6. The van der Waals surface area contributed by atoms with Crippen LogP contribution >= 0.6 is 11.3 Å². The van der Waals surface area contributed by atoms with Crippen LogP contribution in [0.2, 0.25) is 0 Å². The third-order valence-corrected chi connectivity index (χ3v) is 6.97. The van der Waals surface area contributed by atoms with Crippen molar-refractivity contribution < 1.29 is 9.53 Å². The van der Waals surface area contributed by atoms with Gasteiger partial charge in [0.25, 0.3) is 5.91 Å². The van der Waals surface area contributed by atoms with Crippen molar-refractivity contribution in [1.29, 1.82) is 0 Å². The highest BCUT2D eigenvalue weighted by Crippen LogP contribution is 2.31. The number of carbonyl (C=O) groups is 1. The molecule has 166 valence electrons. The number of carbonyl (C=O) groups excluding carboxylic acids is 1. The molecule has 2 aromatic heterocycles. The molecule has 0 aliphatic carbocycles. The fraction of sp³-hybridized carbons (Fsp3) is 0.522. The van der Waals surface area contributed by atoms with E-state index >= 15 is 0 Å². The smallest absolute Gasteiger partial charge is 0.280 e. The predicted octanol–water partition coefficient (Wildman–Crippen LogP) is 3.81. The van der Waals surface area contributed by atoms with Crippen molar-refractivity contribution in [2.75, 3.05) is 44.3 Å². The highest BCUT2D eigenvalue weighted by molar-refractivity contribution is 7.22. The van der Waals surface area contributed by atoms with E-state index in [-0.39, 0.29) is 5.91 Å². The second-order valence-electron chi connectivity index (χ2n) is 8.15. The van der Waals surface area contributed by atoms with Crippen molar-refractivity contribution in [1.82, 2.24) is 19.7 Å². The predicted molar refractivity (Wildman–Crippen MR) is 125 cm³/mol. The van der Waals surface area contributed by atoms with E-state index in [1.165, 1.54) is 11.1 Å². The van der Waals surface area contributed by atoms with Crippen LogP contribution in [-0.4, -0.2) is 65.0 Å². The molecule has 3 heterocycles. The zero-order valence-electron chi connectivity index (χ0n) is 18.8. The van der Waals surface area contributed by atoms with Crippen LogP contribution in [0.1, 0.15) is 40.7 Å². The maximum absolute atomic E-state index is 13.5. The number of nitrogens with zero attached hydrogens (tertiary/aromatic N) is 5. The number of aryl methyl sites for hydroxylation is 4. The molecule has 8 heteroatoms. The van der Waals surface area contributed by atoms with Crippen molar-refractivity contribution in [3.8, 4) is 0 Å². The van der Waals surface area contributed by atoms with Gasteiger partial charge in [0.15, 0.2) is 10.8 Å². The molecular formula is C23H31N5O2S. The van der Waals surface area contributed by atoms with Gasteiger partial charge < -0.3 is 4.74 Å². The van der Waals surface area contributed by atoms with Gasteiger partial charge >= 0.3 is 0 Å². The van der Waals surface area contributed by atoms with Gasteiger partial charge in [0, 0.05) is 38.4 Å². The van der Waals surface area contributed by atoms with E-state index in [4.69, 9.17) is 9.72 Å². The molecule has 0 unspecified atom stereocenters. The Morgan fingerprint density at radius 3 is 2.61 bits per heavy atom. The molecule has 1 saturated heterocycles. The van der Waals surface area contributed by atoms with Crippen LogP contribution in [0.15, 0.2) is 18.2 Å². The first-order valence-corrected chi connectivity index (χ1v) is 11.8. The number of ether oxygens (including phenoxy) is 1. The van der Waals surface area contributed by atoms with Gasteiger partial charge in [-0.1, -0.05) is 11.3 Å². The third kappa shape index (κ3) is 4.81. The van der Waals surface area contributed by atoms with Crippen molar-refractivity contribution in [2.45, 2.75) is 40.7 Å². The quantitative estimate of drug-likeness (QED) is 0.558. The van der Waals surface area contributed by atoms with E-state index in [2.05, 4.69) is 36.0 Å². The Balaban J connectivity index is 1.60. The van der Waals surface area contributed by atoms with Gasteiger partial charge in [-0.15, -0.1) is 0 Å². The number of morpholine rings is 1. The molecule has 0 N–H and O–H groups in total. The van der Waals surface area contributed by atoms with Crippen LogP contribution in [-0.2, 0) is 11.3 Å². The van der Waals surface area contributed by atoms with Crippen LogP contribution in [0.25, 0.3) is 10.2 Å². The summed E-state index contributed by atoms with van der Waals surface area (Å²) in [6.07, 6.45) is 0.882. The molecule has 4 rings (SSSR count). The van der Waals surface area contributed by atoms with Gasteiger partial charge in [0.1, 0.15) is 0 Å². The first-order valence-electron chi connectivity index (χ1n) is 11.0. The summed E-state index contributed by atoms with van der Waals surface area (Å²) in [5.41, 5.74) is 4.88. The Morgan fingerprint density at radius 1 is 1.16 bits per heavy atom. The Morgan fingerprint density at radius 2 is 1.90 bits per heavy atom. The van der Waals surface area contributed by atoms with Gasteiger partial charge in [-0.3, -0.25) is 19.3 Å². The molecule has 7 nitrogen and oxygen atoms in total. The minimum atomic E-state index is -0.0789. The molecule has 0 atom stereocenters. The largest absolute Gasteiger partial charge is 0.379 e. The van der Waals surface area contributed by atoms with E-state index in [1.807, 2.05) is 29.5 Å². The van der Waals surface area contributed by atoms with Gasteiger partial charge in [-0.25, -0.2) is 4.98 Å². The molecule has 0 radical (unpaired) electrons. The summed E-state index contributed by atoms with van der Waals surface area (Å²) < 4.78 is 8.42. The maximum atomic E-state index is 13.5. The summed E-state index contributed by atoms with van der Waals surface area (Å²) in [7, 11) is 0. The van der Waals surface area contributed by atoms with Crippen LogP contribution in [0.5, 0.6) is 0 Å². The van der Waals surface area contributed by atoms with E-state index in [1.54, 1.807) is 11.3 Å². The van der Waals surface area contributed by atoms with E-state index in [0.29, 0.717) is 12.2 Å². The number of fused-ring (bicyclic) bond motifs is 1. The van der Waals surface area contributed by atoms with Gasteiger partial charge in [0.05, 0.1) is 23.4 Å². The molecule has 0 saturated carbocycles. The van der Waals surface area contributed by atoms with Crippen molar-refractivity contribution in [2.24, 2.45) is 0 Å². The Bertz CT molecular complexity index is 1030. The van der Waals surface area contributed by atoms with Crippen LogP contribution in [0, 0.1) is 20.8 Å². The fourth-order valence-corrected chi connectivity index (χ4v) is 4.99. The lowest BCUT2D eigenvalue weighted by Crippen LogP contribution is -2.39. The molecule has 1 aliphatic heterocycles. The number of thiazole rings is 1. The zero-order valence-corrected chi connectivity index (χ0v) is 19.7. The number of amides is 1. The molecule has 1 amide bonds. The Labute approximate surface area is 187 Å². The maximum Gasteiger partial charge on any atom is 0.280 e. The number of aromatic nitrogens is 3. The molecule has 31 heavy (non-hydrogen) atoms. The van der Waals surface area contributed by atoms with E-state index in [9.17, 15) is 4.79 Å². The molecule has 1 aromatic carbocycles. The average molecular weight is 442 g/mol. The van der Waals surface area contributed by atoms with Crippen molar-refractivity contribution in [3.63, 3.8) is 0 Å². The summed E-state index contributed by atoms with van der Waals surface area (Å²) in [6, 6.07) is 6.15.